The monoisotopic (exact) mass is 237 g/mol. The van der Waals surface area contributed by atoms with Crippen LogP contribution in [0.2, 0.25) is 0 Å². The summed E-state index contributed by atoms with van der Waals surface area (Å²) in [6.07, 6.45) is 5.91. The van der Waals surface area contributed by atoms with Gasteiger partial charge in [0.2, 0.25) is 0 Å². The summed E-state index contributed by atoms with van der Waals surface area (Å²) >= 11 is 5.81. The summed E-state index contributed by atoms with van der Waals surface area (Å²) in [5.41, 5.74) is 2.70. The summed E-state index contributed by atoms with van der Waals surface area (Å²) in [4.78, 5) is 11.8. The molecule has 3 heteroatoms. The molecule has 1 atom stereocenters. The molecule has 1 rings (SSSR count). The highest BCUT2D eigenvalue weighted by Crippen LogP contribution is 2.18. The topological polar surface area (TPSA) is 22.0 Å². The van der Waals surface area contributed by atoms with Crippen molar-refractivity contribution in [1.82, 2.24) is 4.57 Å². The van der Waals surface area contributed by atoms with Crippen molar-refractivity contribution < 1.29 is 4.79 Å². The van der Waals surface area contributed by atoms with Crippen LogP contribution in [-0.4, -0.2) is 15.7 Å². The van der Waals surface area contributed by atoms with Crippen molar-refractivity contribution in [3.63, 3.8) is 0 Å². The number of hydrogen-bond acceptors (Lipinski definition) is 1. The Kier molecular flexibility index (Phi) is 4.20. The highest BCUT2D eigenvalue weighted by molar-refractivity contribution is 6.33. The maximum absolute atomic E-state index is 11.8. The molecule has 0 fully saturated rings. The summed E-state index contributed by atoms with van der Waals surface area (Å²) < 4.78 is 2.06. The second-order valence-electron chi connectivity index (χ2n) is 3.87. The van der Waals surface area contributed by atoms with E-state index in [1.165, 1.54) is 0 Å². The van der Waals surface area contributed by atoms with Crippen molar-refractivity contribution in [2.24, 2.45) is 0 Å². The van der Waals surface area contributed by atoms with E-state index in [2.05, 4.69) is 10.5 Å². The number of aryl methyl sites for hydroxylation is 1. The molecule has 0 amide bonds. The molecule has 86 valence electrons. The summed E-state index contributed by atoms with van der Waals surface area (Å²) in [7, 11) is 0. The number of carbonyl (C=O) groups excluding carboxylic acids is 1. The summed E-state index contributed by atoms with van der Waals surface area (Å²) in [5, 5.41) is -0.485. The van der Waals surface area contributed by atoms with Crippen LogP contribution in [0.5, 0.6) is 0 Å². The predicted molar refractivity (Wildman–Crippen MR) is 67.0 cm³/mol. The third-order valence-corrected chi connectivity index (χ3v) is 2.88. The molecule has 1 aromatic rings. The Hall–Kier alpha value is -1.20. The molecular formula is C13H16ClNO. The Labute approximate surface area is 102 Å². The van der Waals surface area contributed by atoms with Crippen LogP contribution in [0.1, 0.15) is 35.1 Å². The number of hydrogen-bond donors (Lipinski definition) is 0. The van der Waals surface area contributed by atoms with E-state index in [9.17, 15) is 4.79 Å². The number of nitrogens with zero attached hydrogens (tertiary/aromatic N) is 1. The van der Waals surface area contributed by atoms with Crippen LogP contribution in [-0.2, 0) is 6.54 Å². The molecule has 16 heavy (non-hydrogen) atoms. The van der Waals surface area contributed by atoms with E-state index in [0.29, 0.717) is 12.0 Å². The van der Waals surface area contributed by atoms with Crippen molar-refractivity contribution >= 4 is 17.4 Å². The molecule has 0 aliphatic carbocycles. The fraction of sp³-hybridized carbons (Fsp3) is 0.462. The lowest BCUT2D eigenvalue weighted by Gasteiger charge is -2.07. The number of Topliss-reactive ketones (excluding diaryl/α,β-unsaturated/α-hetero) is 1. The number of rotatable bonds is 4. The quantitative estimate of drug-likeness (QED) is 0.448. The number of terminal acetylenes is 1. The van der Waals surface area contributed by atoms with Crippen LogP contribution in [0, 0.1) is 26.2 Å². The van der Waals surface area contributed by atoms with Crippen molar-refractivity contribution in [3.05, 3.63) is 23.0 Å². The molecule has 1 aromatic heterocycles. The van der Waals surface area contributed by atoms with Gasteiger partial charge in [0.25, 0.3) is 0 Å². The molecule has 0 spiro atoms. The van der Waals surface area contributed by atoms with Gasteiger partial charge in [-0.3, -0.25) is 4.79 Å². The van der Waals surface area contributed by atoms with Gasteiger partial charge in [0, 0.05) is 29.9 Å². The smallest absolute Gasteiger partial charge is 0.182 e. The van der Waals surface area contributed by atoms with Crippen molar-refractivity contribution in [2.45, 2.75) is 39.1 Å². The van der Waals surface area contributed by atoms with Crippen LogP contribution in [0.25, 0.3) is 0 Å². The first-order chi connectivity index (χ1) is 7.49. The zero-order chi connectivity index (χ0) is 12.3. The Morgan fingerprint density at radius 2 is 2.25 bits per heavy atom. The number of aromatic nitrogens is 1. The van der Waals surface area contributed by atoms with E-state index in [1.807, 2.05) is 19.9 Å². The summed E-state index contributed by atoms with van der Waals surface area (Å²) in [6.45, 7) is 6.34. The van der Waals surface area contributed by atoms with Crippen LogP contribution in [0.15, 0.2) is 6.07 Å². The molecule has 0 N–H and O–H groups in total. The Morgan fingerprint density at radius 3 is 2.75 bits per heavy atom. The molecule has 0 saturated heterocycles. The van der Waals surface area contributed by atoms with Crippen LogP contribution in [0.3, 0.4) is 0 Å². The first-order valence-corrected chi connectivity index (χ1v) is 5.71. The zero-order valence-corrected chi connectivity index (χ0v) is 10.6. The zero-order valence-electron chi connectivity index (χ0n) is 9.88. The lowest BCUT2D eigenvalue weighted by atomic mass is 10.1. The first kappa shape index (κ1) is 12.9. The number of halogens is 1. The summed E-state index contributed by atoms with van der Waals surface area (Å²) in [6, 6.07) is 1.88. The Balaban J connectivity index is 3.07. The molecule has 0 saturated carbocycles. The van der Waals surface area contributed by atoms with Crippen LogP contribution >= 0.6 is 11.6 Å². The maximum atomic E-state index is 11.8. The lowest BCUT2D eigenvalue weighted by Crippen LogP contribution is -2.12. The van der Waals surface area contributed by atoms with Gasteiger partial charge >= 0.3 is 0 Å². The van der Waals surface area contributed by atoms with Gasteiger partial charge < -0.3 is 4.57 Å². The average molecular weight is 238 g/mol. The molecule has 0 aliphatic rings. The largest absolute Gasteiger partial charge is 0.347 e. The van der Waals surface area contributed by atoms with Gasteiger partial charge in [-0.1, -0.05) is 0 Å². The van der Waals surface area contributed by atoms with Gasteiger partial charge in [0.05, 0.1) is 5.38 Å². The Bertz CT molecular complexity index is 438. The lowest BCUT2D eigenvalue weighted by molar-refractivity contribution is 0.0991. The standard InChI is InChI=1S/C13H16ClNO/c1-5-6-7-15-9(2)8-12(11(15)4)13(16)10(3)14/h1,8,10H,6-7H2,2-4H3. The molecule has 0 aromatic carbocycles. The van der Waals surface area contributed by atoms with E-state index in [-0.39, 0.29) is 5.78 Å². The maximum Gasteiger partial charge on any atom is 0.182 e. The highest BCUT2D eigenvalue weighted by atomic mass is 35.5. The van der Waals surface area contributed by atoms with Crippen LogP contribution in [0.4, 0.5) is 0 Å². The molecular weight excluding hydrogens is 222 g/mol. The van der Waals surface area contributed by atoms with Gasteiger partial charge in [-0.25, -0.2) is 0 Å². The first-order valence-electron chi connectivity index (χ1n) is 5.27. The second-order valence-corrected chi connectivity index (χ2v) is 4.53. The Morgan fingerprint density at radius 1 is 1.62 bits per heavy atom. The molecule has 0 bridgehead atoms. The normalized spacial score (nSPS) is 12.2. The molecule has 1 heterocycles. The van der Waals surface area contributed by atoms with E-state index in [0.717, 1.165) is 17.9 Å². The van der Waals surface area contributed by atoms with Crippen molar-refractivity contribution in [3.8, 4) is 12.3 Å². The molecule has 2 nitrogen and oxygen atoms in total. The van der Waals surface area contributed by atoms with Gasteiger partial charge in [0.15, 0.2) is 5.78 Å². The number of ketones is 1. The SMILES string of the molecule is C#CCCn1c(C)cc(C(=O)C(C)Cl)c1C. The van der Waals surface area contributed by atoms with E-state index in [4.69, 9.17) is 18.0 Å². The third kappa shape index (κ3) is 2.48. The fourth-order valence-corrected chi connectivity index (χ4v) is 1.90. The minimum absolute atomic E-state index is 0.0262. The van der Waals surface area contributed by atoms with Gasteiger partial charge in [-0.2, -0.15) is 0 Å². The fourth-order valence-electron chi connectivity index (χ4n) is 1.79. The third-order valence-electron chi connectivity index (χ3n) is 2.68. The van der Waals surface area contributed by atoms with Crippen molar-refractivity contribution in [2.75, 3.05) is 0 Å². The number of alkyl halides is 1. The minimum atomic E-state index is -0.485. The highest BCUT2D eigenvalue weighted by Gasteiger charge is 2.18. The molecule has 0 aliphatic heterocycles. The van der Waals surface area contributed by atoms with Crippen molar-refractivity contribution in [1.29, 1.82) is 0 Å². The minimum Gasteiger partial charge on any atom is -0.347 e. The van der Waals surface area contributed by atoms with Crippen LogP contribution < -0.4 is 0 Å². The van der Waals surface area contributed by atoms with E-state index in [1.54, 1.807) is 6.92 Å². The van der Waals surface area contributed by atoms with E-state index >= 15 is 0 Å². The average Bonchev–Trinajstić information content (AvgIpc) is 2.51. The van der Waals surface area contributed by atoms with E-state index < -0.39 is 5.38 Å². The second kappa shape index (κ2) is 5.23. The van der Waals surface area contributed by atoms with Gasteiger partial charge in [-0.05, 0) is 26.8 Å². The molecule has 1 unspecified atom stereocenters. The predicted octanol–water partition coefficient (Wildman–Crippen LogP) is 2.94. The van der Waals surface area contributed by atoms with Gasteiger partial charge in [-0.15, -0.1) is 23.9 Å². The van der Waals surface area contributed by atoms with Gasteiger partial charge in [0.1, 0.15) is 0 Å². The molecule has 0 radical (unpaired) electrons. The summed E-state index contributed by atoms with van der Waals surface area (Å²) in [5.74, 6) is 2.57. The number of carbonyl (C=O) groups is 1.